The van der Waals surface area contributed by atoms with Crippen LogP contribution < -0.4 is 0 Å². The van der Waals surface area contributed by atoms with Crippen molar-refractivity contribution in [3.63, 3.8) is 0 Å². The number of aliphatic carboxylic acids is 1. The van der Waals surface area contributed by atoms with Gasteiger partial charge in [0.25, 0.3) is 0 Å². The second kappa shape index (κ2) is 2.92. The summed E-state index contributed by atoms with van der Waals surface area (Å²) in [5.41, 5.74) is 0.477. The molecule has 0 aliphatic carbocycles. The molecule has 1 aromatic heterocycles. The summed E-state index contributed by atoms with van der Waals surface area (Å²) >= 11 is 5.62. The van der Waals surface area contributed by atoms with Gasteiger partial charge in [0.15, 0.2) is 0 Å². The first-order valence-corrected chi connectivity index (χ1v) is 3.37. The van der Waals surface area contributed by atoms with Crippen molar-refractivity contribution in [2.45, 2.75) is 6.42 Å². The summed E-state index contributed by atoms with van der Waals surface area (Å²) in [4.78, 5) is 10.2. The summed E-state index contributed by atoms with van der Waals surface area (Å²) in [6, 6.07) is 1.54. The third kappa shape index (κ3) is 1.94. The molecular formula is C6H7ClN2O2. The van der Waals surface area contributed by atoms with E-state index in [0.29, 0.717) is 10.8 Å². The van der Waals surface area contributed by atoms with Crippen LogP contribution >= 0.6 is 11.6 Å². The highest BCUT2D eigenvalue weighted by Crippen LogP contribution is 2.08. The fourth-order valence-electron chi connectivity index (χ4n) is 0.742. The minimum absolute atomic E-state index is 0.0828. The molecule has 0 saturated carbocycles. The monoisotopic (exact) mass is 174 g/mol. The molecule has 0 atom stereocenters. The number of hydrogen-bond donors (Lipinski definition) is 1. The van der Waals surface area contributed by atoms with E-state index in [4.69, 9.17) is 16.7 Å². The molecule has 11 heavy (non-hydrogen) atoms. The molecule has 1 rings (SSSR count). The fraction of sp³-hybridized carbons (Fsp3) is 0.333. The van der Waals surface area contributed by atoms with Crippen molar-refractivity contribution < 1.29 is 9.90 Å². The topological polar surface area (TPSA) is 55.1 Å². The smallest absolute Gasteiger partial charge is 0.309 e. The molecule has 1 N–H and O–H groups in total. The summed E-state index contributed by atoms with van der Waals surface area (Å²) in [7, 11) is 1.66. The molecule has 0 amide bonds. The van der Waals surface area contributed by atoms with Crippen molar-refractivity contribution in [1.29, 1.82) is 0 Å². The second-order valence-electron chi connectivity index (χ2n) is 2.15. The molecule has 0 fully saturated rings. The van der Waals surface area contributed by atoms with Crippen molar-refractivity contribution in [3.05, 3.63) is 16.9 Å². The number of hydrogen-bond acceptors (Lipinski definition) is 2. The van der Waals surface area contributed by atoms with Gasteiger partial charge in [-0.2, -0.15) is 5.10 Å². The Morgan fingerprint density at radius 1 is 1.91 bits per heavy atom. The van der Waals surface area contributed by atoms with Crippen molar-refractivity contribution in [1.82, 2.24) is 9.78 Å². The van der Waals surface area contributed by atoms with Crippen LogP contribution in [0, 0.1) is 0 Å². The molecule has 1 aromatic rings. The molecule has 5 heteroatoms. The average Bonchev–Trinajstić information content (AvgIpc) is 2.10. The van der Waals surface area contributed by atoms with Gasteiger partial charge in [-0.05, 0) is 6.07 Å². The molecule has 0 saturated heterocycles. The van der Waals surface area contributed by atoms with Crippen molar-refractivity contribution >= 4 is 17.6 Å². The number of aryl methyl sites for hydroxylation is 1. The SMILES string of the molecule is Cn1nc(CC(=O)O)cc1Cl. The van der Waals surface area contributed by atoms with Crippen LogP contribution in [-0.2, 0) is 18.3 Å². The zero-order valence-corrected chi connectivity index (χ0v) is 6.67. The van der Waals surface area contributed by atoms with Gasteiger partial charge >= 0.3 is 5.97 Å². The van der Waals surface area contributed by atoms with Crippen LogP contribution in [0.5, 0.6) is 0 Å². The van der Waals surface area contributed by atoms with Crippen LogP contribution in [-0.4, -0.2) is 20.9 Å². The molecule has 60 valence electrons. The van der Waals surface area contributed by atoms with Gasteiger partial charge in [0.1, 0.15) is 5.15 Å². The van der Waals surface area contributed by atoms with E-state index in [1.54, 1.807) is 7.05 Å². The maximum Gasteiger partial charge on any atom is 0.309 e. The van der Waals surface area contributed by atoms with Gasteiger partial charge in [0.05, 0.1) is 12.1 Å². The third-order valence-electron chi connectivity index (χ3n) is 1.21. The molecule has 0 radical (unpaired) electrons. The van der Waals surface area contributed by atoms with E-state index in [1.165, 1.54) is 10.7 Å². The Morgan fingerprint density at radius 2 is 2.55 bits per heavy atom. The van der Waals surface area contributed by atoms with Gasteiger partial charge < -0.3 is 5.11 Å². The maximum absolute atomic E-state index is 10.2. The van der Waals surface area contributed by atoms with Crippen molar-refractivity contribution in [2.75, 3.05) is 0 Å². The van der Waals surface area contributed by atoms with E-state index in [0.717, 1.165) is 0 Å². The Labute approximate surface area is 68.4 Å². The number of carboxylic acids is 1. The van der Waals surface area contributed by atoms with Crippen LogP contribution in [0.2, 0.25) is 5.15 Å². The summed E-state index contributed by atoms with van der Waals surface area (Å²) in [6.45, 7) is 0. The number of nitrogens with zero attached hydrogens (tertiary/aromatic N) is 2. The van der Waals surface area contributed by atoms with E-state index in [2.05, 4.69) is 5.10 Å². The largest absolute Gasteiger partial charge is 0.481 e. The van der Waals surface area contributed by atoms with Gasteiger partial charge in [-0.15, -0.1) is 0 Å². The molecule has 4 nitrogen and oxygen atoms in total. The van der Waals surface area contributed by atoms with Crippen molar-refractivity contribution in [2.24, 2.45) is 7.05 Å². The molecule has 0 spiro atoms. The second-order valence-corrected chi connectivity index (χ2v) is 2.54. The lowest BCUT2D eigenvalue weighted by Gasteiger charge is -1.87. The Morgan fingerprint density at radius 3 is 2.91 bits per heavy atom. The first-order valence-electron chi connectivity index (χ1n) is 3.00. The van der Waals surface area contributed by atoms with E-state index in [1.807, 2.05) is 0 Å². The summed E-state index contributed by atoms with van der Waals surface area (Å²) in [5.74, 6) is -0.903. The van der Waals surface area contributed by atoms with E-state index in [9.17, 15) is 4.79 Å². The Kier molecular flexibility index (Phi) is 2.14. The standard InChI is InChI=1S/C6H7ClN2O2/c1-9-5(7)2-4(8-9)3-6(10)11/h2H,3H2,1H3,(H,10,11). The molecule has 0 unspecified atom stereocenters. The van der Waals surface area contributed by atoms with E-state index in [-0.39, 0.29) is 6.42 Å². The minimum atomic E-state index is -0.903. The van der Waals surface area contributed by atoms with Gasteiger partial charge in [0.2, 0.25) is 0 Å². The number of carboxylic acid groups (broad SMARTS) is 1. The fourth-order valence-corrected chi connectivity index (χ4v) is 0.905. The lowest BCUT2D eigenvalue weighted by molar-refractivity contribution is -0.136. The van der Waals surface area contributed by atoms with Gasteiger partial charge in [-0.3, -0.25) is 9.48 Å². The lowest BCUT2D eigenvalue weighted by Crippen LogP contribution is -2.01. The highest BCUT2D eigenvalue weighted by atomic mass is 35.5. The average molecular weight is 175 g/mol. The van der Waals surface area contributed by atoms with Crippen LogP contribution in [0.15, 0.2) is 6.07 Å². The predicted molar refractivity (Wildman–Crippen MR) is 39.6 cm³/mol. The number of rotatable bonds is 2. The third-order valence-corrected chi connectivity index (χ3v) is 1.56. The highest BCUT2D eigenvalue weighted by molar-refractivity contribution is 6.29. The first-order chi connectivity index (χ1) is 5.09. The van der Waals surface area contributed by atoms with E-state index >= 15 is 0 Å². The van der Waals surface area contributed by atoms with Gasteiger partial charge in [0, 0.05) is 7.05 Å². The van der Waals surface area contributed by atoms with Crippen LogP contribution in [0.1, 0.15) is 5.69 Å². The predicted octanol–water partition coefficient (Wildman–Crippen LogP) is 0.701. The van der Waals surface area contributed by atoms with Crippen LogP contribution in [0.25, 0.3) is 0 Å². The summed E-state index contributed by atoms with van der Waals surface area (Å²) < 4.78 is 1.43. The zero-order valence-electron chi connectivity index (χ0n) is 5.91. The molecule has 0 aromatic carbocycles. The normalized spacial score (nSPS) is 10.0. The Balaban J connectivity index is 2.81. The molecular weight excluding hydrogens is 168 g/mol. The number of halogens is 1. The van der Waals surface area contributed by atoms with Gasteiger partial charge in [-0.1, -0.05) is 11.6 Å². The zero-order chi connectivity index (χ0) is 8.43. The van der Waals surface area contributed by atoms with E-state index < -0.39 is 5.97 Å². The Hall–Kier alpha value is -1.03. The van der Waals surface area contributed by atoms with Crippen LogP contribution in [0.4, 0.5) is 0 Å². The number of aromatic nitrogens is 2. The first kappa shape index (κ1) is 8.07. The van der Waals surface area contributed by atoms with Crippen LogP contribution in [0.3, 0.4) is 0 Å². The lowest BCUT2D eigenvalue weighted by atomic mass is 10.3. The minimum Gasteiger partial charge on any atom is -0.481 e. The highest BCUT2D eigenvalue weighted by Gasteiger charge is 2.05. The Bertz CT molecular complexity index is 263. The molecule has 0 aliphatic rings. The maximum atomic E-state index is 10.2. The molecule has 1 heterocycles. The van der Waals surface area contributed by atoms with Gasteiger partial charge in [-0.25, -0.2) is 0 Å². The van der Waals surface area contributed by atoms with Crippen molar-refractivity contribution in [3.8, 4) is 0 Å². The summed E-state index contributed by atoms with van der Waals surface area (Å²) in [5, 5.41) is 12.7. The quantitative estimate of drug-likeness (QED) is 0.718. The molecule has 0 aliphatic heterocycles. The summed E-state index contributed by atoms with van der Waals surface area (Å²) in [6.07, 6.45) is -0.0828. The number of carbonyl (C=O) groups is 1. The molecule has 0 bridgehead atoms.